The van der Waals surface area contributed by atoms with Crippen LogP contribution >= 0.6 is 75.7 Å². The summed E-state index contributed by atoms with van der Waals surface area (Å²) in [6.07, 6.45) is 0. The fourth-order valence-electron chi connectivity index (χ4n) is 3.13. The van der Waals surface area contributed by atoms with Crippen molar-refractivity contribution in [2.75, 3.05) is 13.3 Å². The Hall–Kier alpha value is -0.710. The summed E-state index contributed by atoms with van der Waals surface area (Å²) in [6.45, 7) is 0. The standard InChI is InChI=1S/C24H18I3O3P/c25-13-22(28)16-4-1-7-19(10-16)31(20-8-2-5-17(11-20)23(29)14-26)21-9-3-6-18(12-21)24(30)15-27/h1-12H,13-15H2. The number of rotatable bonds is 9. The summed E-state index contributed by atoms with van der Waals surface area (Å²) in [5.74, 6) is 0.250. The second-order valence-corrected chi connectivity index (χ2v) is 11.2. The Balaban J connectivity index is 2.20. The molecule has 0 spiro atoms. The summed E-state index contributed by atoms with van der Waals surface area (Å²) >= 11 is 6.24. The third kappa shape index (κ3) is 6.21. The van der Waals surface area contributed by atoms with Crippen molar-refractivity contribution in [1.82, 2.24) is 0 Å². The number of halogens is 3. The molecule has 0 fully saturated rings. The van der Waals surface area contributed by atoms with E-state index in [9.17, 15) is 14.4 Å². The van der Waals surface area contributed by atoms with Gasteiger partial charge in [-0.3, -0.25) is 14.4 Å². The summed E-state index contributed by atoms with van der Waals surface area (Å²) in [5.41, 5.74) is 2.04. The highest BCUT2D eigenvalue weighted by atomic mass is 127. The molecule has 0 saturated heterocycles. The maximum Gasteiger partial charge on any atom is 0.172 e. The normalized spacial score (nSPS) is 10.8. The van der Waals surface area contributed by atoms with Gasteiger partial charge in [0.1, 0.15) is 0 Å². The zero-order valence-electron chi connectivity index (χ0n) is 16.4. The highest BCUT2D eigenvalue weighted by molar-refractivity contribution is 14.1. The van der Waals surface area contributed by atoms with Crippen LogP contribution in [0.5, 0.6) is 0 Å². The number of hydrogen-bond acceptors (Lipinski definition) is 3. The van der Waals surface area contributed by atoms with E-state index < -0.39 is 7.92 Å². The zero-order chi connectivity index (χ0) is 22.4. The van der Waals surface area contributed by atoms with Gasteiger partial charge in [-0.15, -0.1) is 0 Å². The SMILES string of the molecule is O=C(CI)c1cccc(P(c2cccc(C(=O)CI)c2)c2cccc(C(=O)CI)c2)c1. The molecule has 3 aromatic carbocycles. The predicted molar refractivity (Wildman–Crippen MR) is 155 cm³/mol. The highest BCUT2D eigenvalue weighted by Crippen LogP contribution is 2.34. The van der Waals surface area contributed by atoms with E-state index >= 15 is 0 Å². The van der Waals surface area contributed by atoms with Gasteiger partial charge in [-0.05, 0) is 42.0 Å². The maximum atomic E-state index is 12.3. The second-order valence-electron chi connectivity index (χ2n) is 6.66. The maximum absolute atomic E-state index is 12.3. The van der Waals surface area contributed by atoms with Gasteiger partial charge in [0.15, 0.2) is 17.3 Å². The minimum atomic E-state index is -1.05. The largest absolute Gasteiger partial charge is 0.293 e. The van der Waals surface area contributed by atoms with Crippen molar-refractivity contribution in [3.05, 3.63) is 89.5 Å². The lowest BCUT2D eigenvalue weighted by atomic mass is 10.1. The molecule has 0 bridgehead atoms. The second kappa shape index (κ2) is 12.0. The Morgan fingerprint density at radius 2 is 0.839 bits per heavy atom. The van der Waals surface area contributed by atoms with Crippen molar-refractivity contribution in [2.24, 2.45) is 0 Å². The fraction of sp³-hybridized carbons (Fsp3) is 0.125. The van der Waals surface area contributed by atoms with Gasteiger partial charge in [0, 0.05) is 16.7 Å². The first-order valence-corrected chi connectivity index (χ1v) is 15.3. The highest BCUT2D eigenvalue weighted by Gasteiger charge is 2.20. The first-order valence-electron chi connectivity index (χ1n) is 9.36. The van der Waals surface area contributed by atoms with Crippen LogP contribution in [0.15, 0.2) is 72.8 Å². The van der Waals surface area contributed by atoms with Crippen molar-refractivity contribution in [3.63, 3.8) is 0 Å². The smallest absolute Gasteiger partial charge is 0.172 e. The van der Waals surface area contributed by atoms with Crippen LogP contribution in [-0.4, -0.2) is 30.6 Å². The van der Waals surface area contributed by atoms with E-state index in [1.54, 1.807) is 0 Å². The molecule has 0 amide bonds. The van der Waals surface area contributed by atoms with Crippen LogP contribution in [-0.2, 0) is 0 Å². The number of alkyl halides is 3. The van der Waals surface area contributed by atoms with Crippen molar-refractivity contribution < 1.29 is 14.4 Å². The van der Waals surface area contributed by atoms with Crippen LogP contribution in [0, 0.1) is 0 Å². The molecular formula is C24H18I3O3P. The lowest BCUT2D eigenvalue weighted by molar-refractivity contribution is 0.101. The quantitative estimate of drug-likeness (QED) is 0.129. The number of carbonyl (C=O) groups is 3. The van der Waals surface area contributed by atoms with E-state index in [2.05, 4.69) is 67.8 Å². The lowest BCUT2D eigenvalue weighted by Gasteiger charge is -2.21. The molecule has 3 aromatic rings. The topological polar surface area (TPSA) is 51.2 Å². The molecule has 3 rings (SSSR count). The average molecular weight is 766 g/mol. The minimum Gasteiger partial charge on any atom is -0.293 e. The Morgan fingerprint density at radius 1 is 0.548 bits per heavy atom. The van der Waals surface area contributed by atoms with Gasteiger partial charge in [-0.25, -0.2) is 0 Å². The van der Waals surface area contributed by atoms with E-state index in [0.29, 0.717) is 30.0 Å². The number of benzene rings is 3. The van der Waals surface area contributed by atoms with E-state index in [1.165, 1.54) is 0 Å². The molecule has 0 aliphatic carbocycles. The van der Waals surface area contributed by atoms with E-state index in [0.717, 1.165) is 15.9 Å². The van der Waals surface area contributed by atoms with Crippen LogP contribution in [0.1, 0.15) is 31.1 Å². The Morgan fingerprint density at radius 3 is 1.10 bits per heavy atom. The zero-order valence-corrected chi connectivity index (χ0v) is 23.7. The van der Waals surface area contributed by atoms with E-state index in [1.807, 2.05) is 72.8 Å². The van der Waals surface area contributed by atoms with E-state index in [4.69, 9.17) is 0 Å². The van der Waals surface area contributed by atoms with Gasteiger partial charge in [0.05, 0.1) is 13.3 Å². The number of Topliss-reactive ketones (excluding diaryl/α,β-unsaturated/α-hetero) is 3. The summed E-state index contributed by atoms with van der Waals surface area (Å²) in [7, 11) is -1.05. The predicted octanol–water partition coefficient (Wildman–Crippen LogP) is 5.30. The lowest BCUT2D eigenvalue weighted by Crippen LogP contribution is -2.23. The molecule has 0 radical (unpaired) electrons. The first-order chi connectivity index (χ1) is 15.0. The van der Waals surface area contributed by atoms with Crippen LogP contribution in [0.4, 0.5) is 0 Å². The van der Waals surface area contributed by atoms with Gasteiger partial charge in [-0.1, -0.05) is 122 Å². The monoisotopic (exact) mass is 766 g/mol. The third-order valence-corrected chi connectivity index (χ3v) is 9.11. The fourth-order valence-corrected chi connectivity index (χ4v) is 6.86. The van der Waals surface area contributed by atoms with Crippen molar-refractivity contribution in [2.45, 2.75) is 0 Å². The molecule has 0 aliphatic heterocycles. The van der Waals surface area contributed by atoms with Gasteiger partial charge < -0.3 is 0 Å². The molecule has 0 heterocycles. The average Bonchev–Trinajstić information content (AvgIpc) is 2.83. The molecule has 3 nitrogen and oxygen atoms in total. The molecule has 0 N–H and O–H groups in total. The van der Waals surface area contributed by atoms with Gasteiger partial charge in [0.2, 0.25) is 0 Å². The molecule has 0 aliphatic rings. The Bertz CT molecular complexity index is 989. The number of carbonyl (C=O) groups excluding carboxylic acids is 3. The summed E-state index contributed by atoms with van der Waals surface area (Å²) in [5, 5.41) is 3.05. The molecular weight excluding hydrogens is 748 g/mol. The Labute approximate surface area is 224 Å². The molecule has 0 aromatic heterocycles. The summed E-state index contributed by atoms with van der Waals surface area (Å²) in [6, 6.07) is 23.2. The molecule has 0 saturated carbocycles. The van der Waals surface area contributed by atoms with Crippen molar-refractivity contribution >= 4 is 109 Å². The van der Waals surface area contributed by atoms with Crippen LogP contribution in [0.2, 0.25) is 0 Å². The molecule has 7 heteroatoms. The number of hydrogen-bond donors (Lipinski definition) is 0. The van der Waals surface area contributed by atoms with Crippen LogP contribution in [0.25, 0.3) is 0 Å². The first kappa shape index (κ1) is 24.9. The summed E-state index contributed by atoms with van der Waals surface area (Å²) in [4.78, 5) is 37.0. The third-order valence-electron chi connectivity index (χ3n) is 4.64. The van der Waals surface area contributed by atoms with Gasteiger partial charge in [0.25, 0.3) is 0 Å². The van der Waals surface area contributed by atoms with E-state index in [-0.39, 0.29) is 17.3 Å². The number of ketones is 3. The molecule has 0 atom stereocenters. The summed E-state index contributed by atoms with van der Waals surface area (Å²) < 4.78 is 1.25. The molecule has 158 valence electrons. The van der Waals surface area contributed by atoms with Gasteiger partial charge >= 0.3 is 0 Å². The van der Waals surface area contributed by atoms with Crippen LogP contribution in [0.3, 0.4) is 0 Å². The van der Waals surface area contributed by atoms with Gasteiger partial charge in [-0.2, -0.15) is 0 Å². The molecule has 31 heavy (non-hydrogen) atoms. The molecule has 0 unspecified atom stereocenters. The van der Waals surface area contributed by atoms with Crippen molar-refractivity contribution in [1.29, 1.82) is 0 Å². The van der Waals surface area contributed by atoms with Crippen LogP contribution < -0.4 is 15.9 Å². The Kier molecular flexibility index (Phi) is 9.61. The van der Waals surface area contributed by atoms with Crippen molar-refractivity contribution in [3.8, 4) is 0 Å². The minimum absolute atomic E-state index is 0.0834.